The maximum atomic E-state index is 12.4. The monoisotopic (exact) mass is 279 g/mol. The fourth-order valence-electron chi connectivity index (χ4n) is 3.30. The van der Waals surface area contributed by atoms with E-state index in [2.05, 4.69) is 23.5 Å². The van der Waals surface area contributed by atoms with Gasteiger partial charge in [-0.15, -0.1) is 0 Å². The van der Waals surface area contributed by atoms with E-state index in [0.717, 1.165) is 24.2 Å². The summed E-state index contributed by atoms with van der Waals surface area (Å²) in [6.07, 6.45) is 2.28. The Hall–Kier alpha value is -2.29. The number of nitrogens with one attached hydrogen (secondary N) is 1. The van der Waals surface area contributed by atoms with Gasteiger partial charge in [0.1, 0.15) is 5.75 Å². The standard InChI is InChI=1S/C18H17NO2/c20-18(17-11-13-6-2-4-8-16(13)21-17)19-15-10-9-12-5-1-3-7-14(12)15/h1-8,15,17H,9-11H2,(H,19,20). The topological polar surface area (TPSA) is 38.3 Å². The molecule has 3 heteroatoms. The van der Waals surface area contributed by atoms with Crippen molar-refractivity contribution in [3.8, 4) is 5.75 Å². The Bertz CT molecular complexity index is 670. The van der Waals surface area contributed by atoms with Crippen molar-refractivity contribution in [2.24, 2.45) is 0 Å². The summed E-state index contributed by atoms with van der Waals surface area (Å²) >= 11 is 0. The van der Waals surface area contributed by atoms with Crippen LogP contribution < -0.4 is 10.1 Å². The average molecular weight is 279 g/mol. The number of hydrogen-bond donors (Lipinski definition) is 1. The molecule has 1 aliphatic heterocycles. The molecule has 2 atom stereocenters. The molecule has 0 saturated heterocycles. The number of amides is 1. The molecule has 2 unspecified atom stereocenters. The maximum Gasteiger partial charge on any atom is 0.261 e. The molecule has 1 heterocycles. The number of para-hydroxylation sites is 1. The van der Waals surface area contributed by atoms with Crippen molar-refractivity contribution in [3.63, 3.8) is 0 Å². The van der Waals surface area contributed by atoms with Crippen LogP contribution in [0.15, 0.2) is 48.5 Å². The Morgan fingerprint density at radius 1 is 1.05 bits per heavy atom. The first-order valence-corrected chi connectivity index (χ1v) is 7.44. The van der Waals surface area contributed by atoms with Crippen LogP contribution in [0.1, 0.15) is 29.2 Å². The van der Waals surface area contributed by atoms with Crippen LogP contribution in [-0.4, -0.2) is 12.0 Å². The van der Waals surface area contributed by atoms with Gasteiger partial charge in [0, 0.05) is 6.42 Å². The highest BCUT2D eigenvalue weighted by atomic mass is 16.5. The summed E-state index contributed by atoms with van der Waals surface area (Å²) in [5.74, 6) is 0.831. The van der Waals surface area contributed by atoms with Gasteiger partial charge >= 0.3 is 0 Å². The molecule has 2 aliphatic rings. The van der Waals surface area contributed by atoms with Crippen molar-refractivity contribution in [2.75, 3.05) is 0 Å². The summed E-state index contributed by atoms with van der Waals surface area (Å²) in [5, 5.41) is 3.15. The van der Waals surface area contributed by atoms with Crippen LogP contribution in [0, 0.1) is 0 Å². The van der Waals surface area contributed by atoms with Crippen molar-refractivity contribution >= 4 is 5.91 Å². The third-order valence-corrected chi connectivity index (χ3v) is 4.39. The molecule has 0 bridgehead atoms. The Balaban J connectivity index is 1.47. The zero-order chi connectivity index (χ0) is 14.2. The van der Waals surface area contributed by atoms with Crippen molar-refractivity contribution in [1.82, 2.24) is 5.32 Å². The fourth-order valence-corrected chi connectivity index (χ4v) is 3.30. The van der Waals surface area contributed by atoms with Crippen LogP contribution in [-0.2, 0) is 17.6 Å². The molecular formula is C18H17NO2. The lowest BCUT2D eigenvalue weighted by molar-refractivity contribution is -0.128. The van der Waals surface area contributed by atoms with E-state index in [1.165, 1.54) is 11.1 Å². The van der Waals surface area contributed by atoms with Gasteiger partial charge in [-0.3, -0.25) is 4.79 Å². The van der Waals surface area contributed by atoms with E-state index in [4.69, 9.17) is 4.74 Å². The highest BCUT2D eigenvalue weighted by Crippen LogP contribution is 2.32. The lowest BCUT2D eigenvalue weighted by atomic mass is 10.1. The van der Waals surface area contributed by atoms with Crippen LogP contribution in [0.3, 0.4) is 0 Å². The first-order valence-electron chi connectivity index (χ1n) is 7.44. The third kappa shape index (κ3) is 2.19. The molecule has 1 N–H and O–H groups in total. The number of rotatable bonds is 2. The van der Waals surface area contributed by atoms with Gasteiger partial charge in [-0.1, -0.05) is 42.5 Å². The molecular weight excluding hydrogens is 262 g/mol. The van der Waals surface area contributed by atoms with E-state index in [0.29, 0.717) is 6.42 Å². The van der Waals surface area contributed by atoms with Crippen molar-refractivity contribution in [2.45, 2.75) is 31.4 Å². The van der Waals surface area contributed by atoms with Gasteiger partial charge in [0.15, 0.2) is 6.10 Å². The second-order valence-corrected chi connectivity index (χ2v) is 5.72. The molecule has 4 rings (SSSR count). The first-order chi connectivity index (χ1) is 10.3. The van der Waals surface area contributed by atoms with Gasteiger partial charge in [-0.2, -0.15) is 0 Å². The summed E-state index contributed by atoms with van der Waals surface area (Å²) in [6.45, 7) is 0. The number of fused-ring (bicyclic) bond motifs is 2. The van der Waals surface area contributed by atoms with Crippen molar-refractivity contribution in [1.29, 1.82) is 0 Å². The summed E-state index contributed by atoms with van der Waals surface area (Å²) in [5.41, 5.74) is 3.71. The van der Waals surface area contributed by atoms with Gasteiger partial charge < -0.3 is 10.1 Å². The van der Waals surface area contributed by atoms with Crippen LogP contribution in [0.5, 0.6) is 5.75 Å². The minimum absolute atomic E-state index is 0.00657. The molecule has 21 heavy (non-hydrogen) atoms. The summed E-state index contributed by atoms with van der Waals surface area (Å²) in [7, 11) is 0. The second kappa shape index (κ2) is 4.92. The van der Waals surface area contributed by atoms with Gasteiger partial charge in [-0.25, -0.2) is 0 Å². The quantitative estimate of drug-likeness (QED) is 0.918. The number of hydrogen-bond acceptors (Lipinski definition) is 2. The zero-order valence-electron chi connectivity index (χ0n) is 11.7. The summed E-state index contributed by atoms with van der Waals surface area (Å²) < 4.78 is 5.75. The number of aryl methyl sites for hydroxylation is 1. The van der Waals surface area contributed by atoms with Gasteiger partial charge in [0.05, 0.1) is 6.04 Å². The summed E-state index contributed by atoms with van der Waals surface area (Å²) in [4.78, 5) is 12.4. The number of carbonyl (C=O) groups excluding carboxylic acids is 1. The van der Waals surface area contributed by atoms with Crippen LogP contribution in [0.25, 0.3) is 0 Å². The maximum absolute atomic E-state index is 12.4. The highest BCUT2D eigenvalue weighted by molar-refractivity contribution is 5.83. The zero-order valence-corrected chi connectivity index (χ0v) is 11.7. The van der Waals surface area contributed by atoms with Gasteiger partial charge in [0.25, 0.3) is 5.91 Å². The molecule has 3 nitrogen and oxygen atoms in total. The number of benzene rings is 2. The Labute approximate surface area is 123 Å². The lowest BCUT2D eigenvalue weighted by Gasteiger charge is -2.17. The van der Waals surface area contributed by atoms with Crippen LogP contribution in [0.4, 0.5) is 0 Å². The molecule has 1 amide bonds. The van der Waals surface area contributed by atoms with Gasteiger partial charge in [0.2, 0.25) is 0 Å². The molecule has 0 spiro atoms. The minimum atomic E-state index is -0.393. The van der Waals surface area contributed by atoms with E-state index in [1.807, 2.05) is 30.3 Å². The predicted octanol–water partition coefficient (Wildman–Crippen LogP) is 2.79. The Morgan fingerprint density at radius 2 is 1.81 bits per heavy atom. The molecule has 106 valence electrons. The normalized spacial score (nSPS) is 22.3. The lowest BCUT2D eigenvalue weighted by Crippen LogP contribution is -2.39. The number of carbonyl (C=O) groups is 1. The first kappa shape index (κ1) is 12.5. The average Bonchev–Trinajstić information content (AvgIpc) is 3.11. The van der Waals surface area contributed by atoms with E-state index in [9.17, 15) is 4.79 Å². The highest BCUT2D eigenvalue weighted by Gasteiger charge is 2.31. The molecule has 0 saturated carbocycles. The van der Waals surface area contributed by atoms with E-state index >= 15 is 0 Å². The van der Waals surface area contributed by atoms with Crippen LogP contribution in [0.2, 0.25) is 0 Å². The Morgan fingerprint density at radius 3 is 2.67 bits per heavy atom. The van der Waals surface area contributed by atoms with E-state index in [-0.39, 0.29) is 11.9 Å². The fraction of sp³-hybridized carbons (Fsp3) is 0.278. The predicted molar refractivity (Wildman–Crippen MR) is 80.2 cm³/mol. The molecule has 0 fully saturated rings. The smallest absolute Gasteiger partial charge is 0.261 e. The molecule has 0 aromatic heterocycles. The second-order valence-electron chi connectivity index (χ2n) is 5.72. The number of ether oxygens (including phenoxy) is 1. The third-order valence-electron chi connectivity index (χ3n) is 4.39. The van der Waals surface area contributed by atoms with Crippen molar-refractivity contribution < 1.29 is 9.53 Å². The minimum Gasteiger partial charge on any atom is -0.480 e. The molecule has 2 aromatic rings. The van der Waals surface area contributed by atoms with Crippen LogP contribution >= 0.6 is 0 Å². The van der Waals surface area contributed by atoms with Gasteiger partial charge in [-0.05, 0) is 35.6 Å². The Kier molecular flexibility index (Phi) is 2.92. The molecule has 0 radical (unpaired) electrons. The largest absolute Gasteiger partial charge is 0.480 e. The van der Waals surface area contributed by atoms with E-state index < -0.39 is 6.10 Å². The van der Waals surface area contributed by atoms with Crippen molar-refractivity contribution in [3.05, 3.63) is 65.2 Å². The summed E-state index contributed by atoms with van der Waals surface area (Å²) in [6, 6.07) is 16.3. The molecule has 1 aliphatic carbocycles. The SMILES string of the molecule is O=C(NC1CCc2ccccc21)C1Cc2ccccc2O1. The molecule has 2 aromatic carbocycles. The van der Waals surface area contributed by atoms with E-state index in [1.54, 1.807) is 0 Å².